The summed E-state index contributed by atoms with van der Waals surface area (Å²) in [5, 5.41) is 1.87. The molecular weight excluding hydrogens is 404 g/mol. The highest BCUT2D eigenvalue weighted by atomic mass is 16.3. The van der Waals surface area contributed by atoms with Crippen LogP contribution in [0, 0.1) is 19.2 Å². The van der Waals surface area contributed by atoms with Crippen molar-refractivity contribution in [2.45, 2.75) is 47.5 Å². The Morgan fingerprint density at radius 2 is 1.88 bits per heavy atom. The van der Waals surface area contributed by atoms with E-state index in [0.29, 0.717) is 34.5 Å². The monoisotopic (exact) mass is 438 g/mol. The first-order valence-electron chi connectivity index (χ1n) is 13.8. The number of nitrogens with zero attached hydrogens (tertiary/aromatic N) is 2. The molecule has 0 saturated heterocycles. The molecule has 0 atom stereocenters. The molecule has 1 aliphatic rings. The van der Waals surface area contributed by atoms with Crippen LogP contribution in [-0.4, -0.2) is 4.98 Å². The second-order valence-electron chi connectivity index (χ2n) is 9.98. The molecule has 3 aromatic heterocycles. The summed E-state index contributed by atoms with van der Waals surface area (Å²) < 4.78 is 50.3. The van der Waals surface area contributed by atoms with E-state index < -0.39 is 18.6 Å². The maximum absolute atomic E-state index is 8.69. The van der Waals surface area contributed by atoms with Crippen LogP contribution in [0.1, 0.15) is 50.0 Å². The Hall–Kier alpha value is -3.46. The summed E-state index contributed by atoms with van der Waals surface area (Å²) in [6.07, 6.45) is 0.346. The van der Waals surface area contributed by atoms with Gasteiger partial charge in [-0.15, -0.1) is 0 Å². The van der Waals surface area contributed by atoms with E-state index in [9.17, 15) is 0 Å². The van der Waals surface area contributed by atoms with Crippen molar-refractivity contribution < 1.29 is 15.8 Å². The molecule has 4 heterocycles. The lowest BCUT2D eigenvalue weighted by atomic mass is 9.88. The van der Waals surface area contributed by atoms with Gasteiger partial charge in [-0.3, -0.25) is 0 Å². The summed E-state index contributed by atoms with van der Waals surface area (Å²) in [6, 6.07) is 17.3. The summed E-state index contributed by atoms with van der Waals surface area (Å²) in [4.78, 5) is 4.50. The number of rotatable bonds is 2. The number of benzene rings is 2. The molecule has 3 nitrogen and oxygen atoms in total. The Balaban J connectivity index is 1.51. The van der Waals surface area contributed by atoms with Crippen molar-refractivity contribution in [2.24, 2.45) is 5.41 Å². The first kappa shape index (κ1) is 15.4. The number of aromatic nitrogens is 2. The van der Waals surface area contributed by atoms with Crippen LogP contribution in [0.15, 0.2) is 65.2 Å². The maximum Gasteiger partial charge on any atom is 0.227 e. The highest BCUT2D eigenvalue weighted by Crippen LogP contribution is 2.37. The molecule has 164 valence electrons. The van der Waals surface area contributed by atoms with Crippen molar-refractivity contribution in [3.8, 4) is 22.4 Å². The lowest BCUT2D eigenvalue weighted by molar-refractivity contribution is -0.672. The van der Waals surface area contributed by atoms with E-state index in [-0.39, 0.29) is 0 Å². The van der Waals surface area contributed by atoms with Gasteiger partial charge < -0.3 is 4.42 Å². The van der Waals surface area contributed by atoms with Gasteiger partial charge in [0.15, 0.2) is 12.7 Å². The summed E-state index contributed by atoms with van der Waals surface area (Å²) in [7, 11) is 0. The molecule has 0 N–H and O–H groups in total. The van der Waals surface area contributed by atoms with E-state index in [1.165, 1.54) is 0 Å². The number of hydrogen-bond acceptors (Lipinski definition) is 2. The van der Waals surface area contributed by atoms with Gasteiger partial charge in [-0.1, -0.05) is 26.8 Å². The SMILES string of the molecule is [2H]C([2H])([2H])c1cc2c(cc1-c1ccc3c(c1)oc1nc(C)ccc13)-c1ccc(C([2H])([2H])C(C)(C)C)c[n+]1C2. The Bertz CT molecular complexity index is 1760. The number of furan rings is 1. The van der Waals surface area contributed by atoms with Crippen molar-refractivity contribution >= 4 is 22.1 Å². The zero-order chi connectivity index (χ0) is 27.2. The quantitative estimate of drug-likeness (QED) is 0.268. The molecule has 0 aliphatic carbocycles. The number of aryl methyl sites for hydroxylation is 2. The van der Waals surface area contributed by atoms with E-state index >= 15 is 0 Å². The Labute approximate surface area is 201 Å². The minimum Gasteiger partial charge on any atom is -0.438 e. The van der Waals surface area contributed by atoms with E-state index in [1.54, 1.807) is 6.07 Å². The number of pyridine rings is 2. The number of fused-ring (bicyclic) bond motifs is 6. The summed E-state index contributed by atoms with van der Waals surface area (Å²) >= 11 is 0. The van der Waals surface area contributed by atoms with Crippen LogP contribution >= 0.6 is 0 Å². The topological polar surface area (TPSA) is 29.9 Å². The van der Waals surface area contributed by atoms with E-state index in [2.05, 4.69) is 4.98 Å². The highest BCUT2D eigenvalue weighted by molar-refractivity contribution is 6.04. The van der Waals surface area contributed by atoms with Crippen LogP contribution < -0.4 is 4.57 Å². The largest absolute Gasteiger partial charge is 0.438 e. The first-order chi connectivity index (χ1) is 17.7. The van der Waals surface area contributed by atoms with Gasteiger partial charge in [-0.05, 0) is 84.7 Å². The highest BCUT2D eigenvalue weighted by Gasteiger charge is 2.28. The average Bonchev–Trinajstić information content (AvgIpc) is 3.37. The molecule has 0 bridgehead atoms. The van der Waals surface area contributed by atoms with Crippen LogP contribution in [0.5, 0.6) is 0 Å². The molecule has 3 heteroatoms. The second-order valence-corrected chi connectivity index (χ2v) is 9.98. The molecule has 5 aromatic rings. The lowest BCUT2D eigenvalue weighted by Crippen LogP contribution is -2.33. The molecule has 0 radical (unpaired) electrons. The van der Waals surface area contributed by atoms with E-state index in [1.807, 2.05) is 87.0 Å². The van der Waals surface area contributed by atoms with E-state index in [0.717, 1.165) is 38.9 Å². The Kier molecular flexibility index (Phi) is 3.27. The third-order valence-corrected chi connectivity index (χ3v) is 6.19. The zero-order valence-corrected chi connectivity index (χ0v) is 19.3. The van der Waals surface area contributed by atoms with Gasteiger partial charge in [-0.2, -0.15) is 4.57 Å². The second kappa shape index (κ2) is 7.02. The van der Waals surface area contributed by atoms with Crippen LogP contribution in [0.2, 0.25) is 0 Å². The normalized spacial score (nSPS) is 16.1. The predicted molar refractivity (Wildman–Crippen MR) is 134 cm³/mol. The molecule has 0 spiro atoms. The fraction of sp³-hybridized carbons (Fsp3) is 0.267. The molecule has 2 aromatic carbocycles. The molecule has 0 saturated carbocycles. The predicted octanol–water partition coefficient (Wildman–Crippen LogP) is 7.17. The van der Waals surface area contributed by atoms with Gasteiger partial charge in [0.2, 0.25) is 11.4 Å². The molecule has 1 aliphatic heterocycles. The van der Waals surface area contributed by atoms with Gasteiger partial charge in [-0.25, -0.2) is 4.98 Å². The zero-order valence-electron chi connectivity index (χ0n) is 24.3. The third-order valence-electron chi connectivity index (χ3n) is 6.19. The molecule has 0 amide bonds. The van der Waals surface area contributed by atoms with Gasteiger partial charge in [0, 0.05) is 40.5 Å². The third kappa shape index (κ3) is 3.43. The standard InChI is InChI=1S/C30H29N2O/c1-18-12-22-17-32-16-20(15-30(3,4)5)7-11-27(32)26(22)14-25(18)21-8-10-23-24-9-6-19(2)31-29(24)33-28(23)13-21/h6-14,16H,15,17H2,1-5H3/q+1/i1D3,15D2. The molecular formula is C30H29N2O+. The van der Waals surface area contributed by atoms with Crippen molar-refractivity contribution in [1.29, 1.82) is 0 Å². The lowest BCUT2D eigenvalue weighted by Gasteiger charge is -2.17. The van der Waals surface area contributed by atoms with Crippen LogP contribution in [0.25, 0.3) is 44.5 Å². The summed E-state index contributed by atoms with van der Waals surface area (Å²) in [5.41, 5.74) is 6.64. The fourth-order valence-electron chi connectivity index (χ4n) is 4.78. The minimum absolute atomic E-state index is 0.291. The van der Waals surface area contributed by atoms with Crippen LogP contribution in [-0.2, 0) is 12.9 Å². The van der Waals surface area contributed by atoms with Gasteiger partial charge >= 0.3 is 0 Å². The first-order valence-corrected chi connectivity index (χ1v) is 11.3. The minimum atomic E-state index is -2.31. The molecule has 33 heavy (non-hydrogen) atoms. The summed E-state index contributed by atoms with van der Waals surface area (Å²) in [5.74, 6) is 0. The molecule has 0 fully saturated rings. The van der Waals surface area contributed by atoms with Crippen molar-refractivity contribution in [3.05, 3.63) is 83.2 Å². The average molecular weight is 439 g/mol. The maximum atomic E-state index is 8.69. The van der Waals surface area contributed by atoms with Crippen molar-refractivity contribution in [3.63, 3.8) is 0 Å². The summed E-state index contributed by atoms with van der Waals surface area (Å²) in [6.45, 7) is 5.79. The van der Waals surface area contributed by atoms with Crippen molar-refractivity contribution in [1.82, 2.24) is 4.98 Å². The smallest absolute Gasteiger partial charge is 0.227 e. The van der Waals surface area contributed by atoms with Gasteiger partial charge in [0.25, 0.3) is 0 Å². The Morgan fingerprint density at radius 1 is 1.03 bits per heavy atom. The van der Waals surface area contributed by atoms with Crippen molar-refractivity contribution in [2.75, 3.05) is 0 Å². The Morgan fingerprint density at radius 3 is 2.70 bits per heavy atom. The molecule has 6 rings (SSSR count). The van der Waals surface area contributed by atoms with Crippen LogP contribution in [0.3, 0.4) is 0 Å². The fourth-order valence-corrected chi connectivity index (χ4v) is 4.78. The molecule has 0 unspecified atom stereocenters. The van der Waals surface area contributed by atoms with E-state index in [4.69, 9.17) is 11.3 Å². The van der Waals surface area contributed by atoms with Gasteiger partial charge in [0.05, 0.1) is 5.56 Å². The number of hydrogen-bond donors (Lipinski definition) is 0. The van der Waals surface area contributed by atoms with Crippen LogP contribution in [0.4, 0.5) is 0 Å². The van der Waals surface area contributed by atoms with Gasteiger partial charge in [0.1, 0.15) is 5.58 Å².